The van der Waals surface area contributed by atoms with Crippen LogP contribution in [0.4, 0.5) is 20.5 Å². The molecule has 0 saturated carbocycles. The molecule has 12 heteroatoms. The van der Waals surface area contributed by atoms with E-state index in [4.69, 9.17) is 0 Å². The van der Waals surface area contributed by atoms with Crippen molar-refractivity contribution in [1.82, 2.24) is 20.4 Å². The first-order valence-electron chi connectivity index (χ1n) is 9.85. The maximum Gasteiger partial charge on any atom is 0.230 e. The van der Waals surface area contributed by atoms with Gasteiger partial charge in [-0.15, -0.1) is 20.4 Å². The Morgan fingerprint density at radius 1 is 0.871 bits per heavy atom. The van der Waals surface area contributed by atoms with Crippen molar-refractivity contribution in [2.75, 3.05) is 46.6 Å². The minimum absolute atomic E-state index is 0.109. The number of hydrogen-bond acceptors (Lipinski definition) is 10. The lowest BCUT2D eigenvalue weighted by Gasteiger charge is -2.20. The lowest BCUT2D eigenvalue weighted by molar-refractivity contribution is -0.116. The zero-order chi connectivity index (χ0) is 21.6. The number of hydrogen-bond donors (Lipinski definition) is 2. The number of carbonyl (C=O) groups is 2. The van der Waals surface area contributed by atoms with Gasteiger partial charge in [0.05, 0.1) is 6.42 Å². The van der Waals surface area contributed by atoms with Gasteiger partial charge in [-0.3, -0.25) is 9.59 Å². The maximum atomic E-state index is 12.3. The molecule has 1 fully saturated rings. The van der Waals surface area contributed by atoms with Crippen molar-refractivity contribution < 1.29 is 9.59 Å². The Morgan fingerprint density at radius 2 is 1.45 bits per heavy atom. The standard InChI is InChI=1S/C19H22N8O2S2/c1-13(28)20-16-22-24-18(30-16)26-8-5-9-27(11-10-26)19-25-23-17(31-19)21-15(29)12-14-6-3-2-4-7-14/h2-4,6-7H,5,8-12H2,1H3,(H,20,22,28)(H,21,23,29). The van der Waals surface area contributed by atoms with E-state index in [1.54, 1.807) is 0 Å². The molecule has 0 radical (unpaired) electrons. The third-order valence-electron chi connectivity index (χ3n) is 4.60. The second-order valence-electron chi connectivity index (χ2n) is 7.00. The molecule has 0 atom stereocenters. The molecule has 3 aromatic rings. The average Bonchev–Trinajstić information content (AvgIpc) is 3.32. The minimum atomic E-state index is -0.160. The van der Waals surface area contributed by atoms with Gasteiger partial charge in [-0.1, -0.05) is 53.0 Å². The molecule has 0 unspecified atom stereocenters. The largest absolute Gasteiger partial charge is 0.345 e. The predicted octanol–water partition coefficient (Wildman–Crippen LogP) is 2.25. The molecule has 10 nitrogen and oxygen atoms in total. The van der Waals surface area contributed by atoms with Crippen LogP contribution in [0.5, 0.6) is 0 Å². The molecule has 1 saturated heterocycles. The number of rotatable bonds is 6. The third-order valence-corrected chi connectivity index (χ3v) is 6.40. The van der Waals surface area contributed by atoms with Crippen LogP contribution in [0, 0.1) is 0 Å². The second-order valence-corrected chi connectivity index (χ2v) is 8.91. The van der Waals surface area contributed by atoms with Crippen LogP contribution in [0.1, 0.15) is 18.9 Å². The van der Waals surface area contributed by atoms with Gasteiger partial charge >= 0.3 is 0 Å². The zero-order valence-corrected chi connectivity index (χ0v) is 18.6. The minimum Gasteiger partial charge on any atom is -0.345 e. The highest BCUT2D eigenvalue weighted by atomic mass is 32.1. The van der Waals surface area contributed by atoms with Gasteiger partial charge in [0.1, 0.15) is 0 Å². The van der Waals surface area contributed by atoms with Gasteiger partial charge < -0.3 is 20.4 Å². The van der Waals surface area contributed by atoms with E-state index in [-0.39, 0.29) is 11.8 Å². The molecule has 3 heterocycles. The van der Waals surface area contributed by atoms with Gasteiger partial charge in [-0.25, -0.2) is 0 Å². The van der Waals surface area contributed by atoms with Crippen LogP contribution in [0.25, 0.3) is 0 Å². The molecule has 31 heavy (non-hydrogen) atoms. The molecule has 2 aromatic heterocycles. The quantitative estimate of drug-likeness (QED) is 0.578. The Hall–Kier alpha value is -3.12. The van der Waals surface area contributed by atoms with Crippen LogP contribution in [-0.4, -0.2) is 58.4 Å². The van der Waals surface area contributed by atoms with Crippen LogP contribution < -0.4 is 20.4 Å². The SMILES string of the molecule is CC(=O)Nc1nnc(N2CCCN(c3nnc(NC(=O)Cc4ccccc4)s3)CC2)s1. The predicted molar refractivity (Wildman–Crippen MR) is 122 cm³/mol. The highest BCUT2D eigenvalue weighted by Crippen LogP contribution is 2.28. The molecule has 0 aliphatic carbocycles. The second kappa shape index (κ2) is 9.79. The maximum absolute atomic E-state index is 12.3. The van der Waals surface area contributed by atoms with Crippen LogP contribution in [0.15, 0.2) is 30.3 Å². The van der Waals surface area contributed by atoms with Crippen molar-refractivity contribution >= 4 is 55.0 Å². The number of aromatic nitrogens is 4. The van der Waals surface area contributed by atoms with Crippen molar-refractivity contribution in [3.63, 3.8) is 0 Å². The average molecular weight is 459 g/mol. The Bertz CT molecular complexity index is 1040. The number of carbonyl (C=O) groups excluding carboxylic acids is 2. The number of anilines is 4. The van der Waals surface area contributed by atoms with E-state index in [0.717, 1.165) is 48.4 Å². The Balaban J connectivity index is 1.32. The summed E-state index contributed by atoms with van der Waals surface area (Å²) < 4.78 is 0. The highest BCUT2D eigenvalue weighted by molar-refractivity contribution is 7.19. The van der Waals surface area contributed by atoms with Crippen molar-refractivity contribution in [2.24, 2.45) is 0 Å². The van der Waals surface area contributed by atoms with Crippen LogP contribution in [0.3, 0.4) is 0 Å². The summed E-state index contributed by atoms with van der Waals surface area (Å²) in [6, 6.07) is 9.59. The summed E-state index contributed by atoms with van der Waals surface area (Å²) in [5, 5.41) is 24.7. The normalized spacial score (nSPS) is 14.2. The molecule has 0 spiro atoms. The van der Waals surface area contributed by atoms with Gasteiger partial charge in [-0.2, -0.15) is 0 Å². The summed E-state index contributed by atoms with van der Waals surface area (Å²) in [5.41, 5.74) is 0.954. The number of benzene rings is 1. The topological polar surface area (TPSA) is 116 Å². The molecular formula is C19H22N8O2S2. The Morgan fingerprint density at radius 3 is 2.03 bits per heavy atom. The van der Waals surface area contributed by atoms with Gasteiger partial charge in [-0.05, 0) is 12.0 Å². The molecule has 2 N–H and O–H groups in total. The first-order valence-corrected chi connectivity index (χ1v) is 11.5. The van der Waals surface area contributed by atoms with Gasteiger partial charge in [0, 0.05) is 33.1 Å². The summed E-state index contributed by atoms with van der Waals surface area (Å²) in [5.74, 6) is -0.269. The summed E-state index contributed by atoms with van der Waals surface area (Å²) in [6.45, 7) is 4.63. The first kappa shape index (κ1) is 21.1. The van der Waals surface area contributed by atoms with E-state index in [0.29, 0.717) is 16.7 Å². The fraction of sp³-hybridized carbons (Fsp3) is 0.368. The highest BCUT2D eigenvalue weighted by Gasteiger charge is 2.21. The van der Waals surface area contributed by atoms with Crippen LogP contribution in [-0.2, 0) is 16.0 Å². The summed E-state index contributed by atoms with van der Waals surface area (Å²) in [4.78, 5) is 27.8. The summed E-state index contributed by atoms with van der Waals surface area (Å²) in [7, 11) is 0. The van der Waals surface area contributed by atoms with Crippen molar-refractivity contribution in [1.29, 1.82) is 0 Å². The van der Waals surface area contributed by atoms with E-state index in [1.165, 1.54) is 29.6 Å². The molecule has 2 amide bonds. The monoisotopic (exact) mass is 458 g/mol. The van der Waals surface area contributed by atoms with Gasteiger partial charge in [0.15, 0.2) is 0 Å². The van der Waals surface area contributed by atoms with E-state index in [9.17, 15) is 9.59 Å². The Labute approximate surface area is 187 Å². The molecule has 1 aliphatic rings. The summed E-state index contributed by atoms with van der Waals surface area (Å²) in [6.07, 6.45) is 1.22. The lowest BCUT2D eigenvalue weighted by Crippen LogP contribution is -2.30. The number of nitrogens with one attached hydrogen (secondary N) is 2. The van der Waals surface area contributed by atoms with Crippen LogP contribution >= 0.6 is 22.7 Å². The molecule has 162 valence electrons. The van der Waals surface area contributed by atoms with Crippen LogP contribution in [0.2, 0.25) is 0 Å². The van der Waals surface area contributed by atoms with E-state index in [1.807, 2.05) is 30.3 Å². The van der Waals surface area contributed by atoms with E-state index in [2.05, 4.69) is 40.8 Å². The Kier molecular flexibility index (Phi) is 6.67. The third kappa shape index (κ3) is 5.73. The fourth-order valence-electron chi connectivity index (χ4n) is 3.18. The molecular weight excluding hydrogens is 436 g/mol. The van der Waals surface area contributed by atoms with Gasteiger partial charge in [0.25, 0.3) is 0 Å². The van der Waals surface area contributed by atoms with Crippen molar-refractivity contribution in [2.45, 2.75) is 19.8 Å². The van der Waals surface area contributed by atoms with E-state index < -0.39 is 0 Å². The van der Waals surface area contributed by atoms with E-state index >= 15 is 0 Å². The first-order chi connectivity index (χ1) is 15.1. The fourth-order valence-corrected chi connectivity index (χ4v) is 4.84. The molecule has 0 bridgehead atoms. The summed E-state index contributed by atoms with van der Waals surface area (Å²) >= 11 is 2.74. The van der Waals surface area contributed by atoms with Gasteiger partial charge in [0.2, 0.25) is 32.3 Å². The molecule has 1 aliphatic heterocycles. The lowest BCUT2D eigenvalue weighted by atomic mass is 10.1. The molecule has 1 aromatic carbocycles. The zero-order valence-electron chi connectivity index (χ0n) is 16.9. The smallest absolute Gasteiger partial charge is 0.230 e. The van der Waals surface area contributed by atoms with Crippen molar-refractivity contribution in [3.05, 3.63) is 35.9 Å². The molecule has 4 rings (SSSR count). The van der Waals surface area contributed by atoms with Crippen molar-refractivity contribution in [3.8, 4) is 0 Å². The number of amides is 2. The number of nitrogens with zero attached hydrogens (tertiary/aromatic N) is 6.